The molecule has 0 spiro atoms. The van der Waals surface area contributed by atoms with Gasteiger partial charge in [-0.1, -0.05) is 140 Å². The standard InChI is InChI=1S/C47H27N3O2/c1-3-14-28(15-4-1)30-26-37(42-33-20-9-11-24-38(33)51-40(42)27-30)47-49-45(29-16-5-2-6-17-29)48-46(50-47)36-23-13-22-35-41(36)31-18-7-8-19-32(31)43-34-21-10-12-25-39(34)52-44(35)43/h1-27H. The molecule has 3 aromatic heterocycles. The van der Waals surface area contributed by atoms with Crippen LogP contribution in [0.25, 0.3) is 111 Å². The Bertz CT molecular complexity index is 3180. The Morgan fingerprint density at radius 2 is 0.846 bits per heavy atom. The Balaban J connectivity index is 1.26. The number of hydrogen-bond donors (Lipinski definition) is 0. The quantitative estimate of drug-likeness (QED) is 0.175. The molecule has 0 atom stereocenters. The summed E-state index contributed by atoms with van der Waals surface area (Å²) in [7, 11) is 0. The molecule has 0 bridgehead atoms. The highest BCUT2D eigenvalue weighted by molar-refractivity contribution is 6.32. The lowest BCUT2D eigenvalue weighted by molar-refractivity contribution is 0.669. The predicted octanol–water partition coefficient (Wildman–Crippen LogP) is 12.6. The van der Waals surface area contributed by atoms with E-state index in [2.05, 4.69) is 97.1 Å². The van der Waals surface area contributed by atoms with Crippen molar-refractivity contribution in [2.24, 2.45) is 0 Å². The molecule has 5 nitrogen and oxygen atoms in total. The average molecular weight is 666 g/mol. The maximum atomic E-state index is 6.62. The number of rotatable bonds is 4. The van der Waals surface area contributed by atoms with Crippen LogP contribution in [0.5, 0.6) is 0 Å². The molecule has 0 amide bonds. The van der Waals surface area contributed by atoms with Gasteiger partial charge in [0.1, 0.15) is 22.3 Å². The van der Waals surface area contributed by atoms with E-state index in [1.807, 2.05) is 66.7 Å². The van der Waals surface area contributed by atoms with Crippen molar-refractivity contribution in [3.8, 4) is 45.3 Å². The molecule has 8 aromatic carbocycles. The van der Waals surface area contributed by atoms with Gasteiger partial charge in [-0.25, -0.2) is 15.0 Å². The number of para-hydroxylation sites is 2. The van der Waals surface area contributed by atoms with Crippen LogP contribution in [0.2, 0.25) is 0 Å². The van der Waals surface area contributed by atoms with Gasteiger partial charge in [0.2, 0.25) is 0 Å². The molecule has 11 rings (SSSR count). The van der Waals surface area contributed by atoms with Crippen molar-refractivity contribution in [2.45, 2.75) is 0 Å². The van der Waals surface area contributed by atoms with Gasteiger partial charge in [-0.05, 0) is 46.2 Å². The van der Waals surface area contributed by atoms with Crippen molar-refractivity contribution < 1.29 is 8.83 Å². The molecular formula is C47H27N3O2. The third kappa shape index (κ3) is 4.33. The maximum absolute atomic E-state index is 6.62. The van der Waals surface area contributed by atoms with Gasteiger partial charge < -0.3 is 8.83 Å². The van der Waals surface area contributed by atoms with Gasteiger partial charge in [-0.3, -0.25) is 0 Å². The van der Waals surface area contributed by atoms with Crippen LogP contribution in [-0.4, -0.2) is 15.0 Å². The lowest BCUT2D eigenvalue weighted by Crippen LogP contribution is -2.01. The molecule has 0 saturated carbocycles. The van der Waals surface area contributed by atoms with Gasteiger partial charge in [-0.15, -0.1) is 0 Å². The molecule has 242 valence electrons. The second-order valence-electron chi connectivity index (χ2n) is 13.1. The number of fused-ring (bicyclic) bond motifs is 11. The van der Waals surface area contributed by atoms with Crippen molar-refractivity contribution in [2.75, 3.05) is 0 Å². The van der Waals surface area contributed by atoms with E-state index in [-0.39, 0.29) is 0 Å². The fourth-order valence-electron chi connectivity index (χ4n) is 7.80. The summed E-state index contributed by atoms with van der Waals surface area (Å²) in [4.78, 5) is 15.8. The molecule has 0 unspecified atom stereocenters. The Labute approximate surface area is 297 Å². The van der Waals surface area contributed by atoms with Crippen LogP contribution in [0.15, 0.2) is 173 Å². The van der Waals surface area contributed by atoms with E-state index < -0.39 is 0 Å². The molecule has 0 radical (unpaired) electrons. The minimum Gasteiger partial charge on any atom is -0.456 e. The summed E-state index contributed by atoms with van der Waals surface area (Å²) in [5.41, 5.74) is 8.12. The summed E-state index contributed by atoms with van der Waals surface area (Å²) in [5.74, 6) is 1.75. The summed E-state index contributed by atoms with van der Waals surface area (Å²) in [6.07, 6.45) is 0. The molecule has 3 heterocycles. The number of furan rings is 2. The van der Waals surface area contributed by atoms with Gasteiger partial charge in [-0.2, -0.15) is 0 Å². The lowest BCUT2D eigenvalue weighted by Gasteiger charge is -2.14. The lowest BCUT2D eigenvalue weighted by atomic mass is 9.93. The molecule has 11 aromatic rings. The zero-order valence-electron chi connectivity index (χ0n) is 27.7. The Kier molecular flexibility index (Phi) is 6.18. The highest BCUT2D eigenvalue weighted by Gasteiger charge is 2.22. The molecule has 0 aliphatic heterocycles. The van der Waals surface area contributed by atoms with Gasteiger partial charge >= 0.3 is 0 Å². The third-order valence-electron chi connectivity index (χ3n) is 10.1. The minimum atomic E-state index is 0.573. The maximum Gasteiger partial charge on any atom is 0.164 e. The van der Waals surface area contributed by atoms with Crippen LogP contribution in [-0.2, 0) is 0 Å². The monoisotopic (exact) mass is 665 g/mol. The van der Waals surface area contributed by atoms with E-state index in [0.29, 0.717) is 17.5 Å². The Hall–Kier alpha value is -7.11. The average Bonchev–Trinajstić information content (AvgIpc) is 3.80. The van der Waals surface area contributed by atoms with Gasteiger partial charge in [0.25, 0.3) is 0 Å². The minimum absolute atomic E-state index is 0.573. The first-order valence-corrected chi connectivity index (χ1v) is 17.4. The van der Waals surface area contributed by atoms with E-state index in [4.69, 9.17) is 23.8 Å². The molecular weight excluding hydrogens is 639 g/mol. The largest absolute Gasteiger partial charge is 0.456 e. The third-order valence-corrected chi connectivity index (χ3v) is 10.1. The van der Waals surface area contributed by atoms with Crippen LogP contribution < -0.4 is 0 Å². The molecule has 0 aliphatic carbocycles. The van der Waals surface area contributed by atoms with Crippen molar-refractivity contribution in [1.82, 2.24) is 15.0 Å². The molecule has 0 N–H and O–H groups in total. The second kappa shape index (κ2) is 11.2. The SMILES string of the molecule is c1ccc(-c2cc(-c3nc(-c4ccccc4)nc(-c4cccc5c6oc7ccccc7c6c6ccccc6c45)n3)c3c(c2)oc2ccccc23)cc1. The first-order valence-electron chi connectivity index (χ1n) is 17.4. The molecule has 52 heavy (non-hydrogen) atoms. The van der Waals surface area contributed by atoms with Crippen LogP contribution in [0.1, 0.15) is 0 Å². The van der Waals surface area contributed by atoms with Crippen molar-refractivity contribution in [3.05, 3.63) is 164 Å². The van der Waals surface area contributed by atoms with Crippen molar-refractivity contribution in [3.63, 3.8) is 0 Å². The fraction of sp³-hybridized carbons (Fsp3) is 0. The second-order valence-corrected chi connectivity index (χ2v) is 13.1. The number of benzene rings is 8. The number of nitrogens with zero attached hydrogens (tertiary/aromatic N) is 3. The van der Waals surface area contributed by atoms with E-state index in [1.54, 1.807) is 0 Å². The van der Waals surface area contributed by atoms with E-state index in [1.165, 1.54) is 0 Å². The van der Waals surface area contributed by atoms with E-state index in [0.717, 1.165) is 93.2 Å². The molecule has 0 fully saturated rings. The van der Waals surface area contributed by atoms with Crippen LogP contribution in [0, 0.1) is 0 Å². The zero-order chi connectivity index (χ0) is 34.2. The zero-order valence-corrected chi connectivity index (χ0v) is 27.7. The summed E-state index contributed by atoms with van der Waals surface area (Å²) < 4.78 is 13.1. The van der Waals surface area contributed by atoms with E-state index in [9.17, 15) is 0 Å². The first kappa shape index (κ1) is 28.7. The van der Waals surface area contributed by atoms with Crippen molar-refractivity contribution >= 4 is 65.4 Å². The predicted molar refractivity (Wildman–Crippen MR) is 211 cm³/mol. The highest BCUT2D eigenvalue weighted by Crippen LogP contribution is 2.44. The summed E-state index contributed by atoms with van der Waals surface area (Å²) in [6, 6.07) is 56.1. The van der Waals surface area contributed by atoms with Crippen molar-refractivity contribution in [1.29, 1.82) is 0 Å². The number of hydrogen-bond acceptors (Lipinski definition) is 5. The van der Waals surface area contributed by atoms with E-state index >= 15 is 0 Å². The highest BCUT2D eigenvalue weighted by atomic mass is 16.3. The smallest absolute Gasteiger partial charge is 0.164 e. The number of aromatic nitrogens is 3. The van der Waals surface area contributed by atoms with Crippen LogP contribution >= 0.6 is 0 Å². The van der Waals surface area contributed by atoms with Crippen LogP contribution in [0.4, 0.5) is 0 Å². The van der Waals surface area contributed by atoms with Gasteiger partial charge in [0.05, 0.1) is 0 Å². The topological polar surface area (TPSA) is 65.0 Å². The Morgan fingerprint density at radius 3 is 1.58 bits per heavy atom. The fourth-order valence-corrected chi connectivity index (χ4v) is 7.80. The normalized spacial score (nSPS) is 11.8. The Morgan fingerprint density at radius 1 is 0.308 bits per heavy atom. The first-order chi connectivity index (χ1) is 25.8. The molecule has 0 aliphatic rings. The van der Waals surface area contributed by atoms with Gasteiger partial charge in [0.15, 0.2) is 17.5 Å². The van der Waals surface area contributed by atoms with Crippen LogP contribution in [0.3, 0.4) is 0 Å². The van der Waals surface area contributed by atoms with Gasteiger partial charge in [0, 0.05) is 49.0 Å². The summed E-state index contributed by atoms with van der Waals surface area (Å²) in [5, 5.41) is 8.50. The summed E-state index contributed by atoms with van der Waals surface area (Å²) in [6.45, 7) is 0. The summed E-state index contributed by atoms with van der Waals surface area (Å²) >= 11 is 0. The molecule has 5 heteroatoms. The molecule has 0 saturated heterocycles.